The Morgan fingerprint density at radius 2 is 1.50 bits per heavy atom. The normalized spacial score (nSPS) is 11.5. The van der Waals surface area contributed by atoms with Gasteiger partial charge in [-0.3, -0.25) is 0 Å². The molecule has 0 spiro atoms. The Bertz CT molecular complexity index is 1130. The predicted octanol–water partition coefficient (Wildman–Crippen LogP) is 5.72. The molecule has 2 aromatic carbocycles. The maximum atomic E-state index is 14.4. The Labute approximate surface area is 141 Å². The molecular weight excluding hydrogens is 364 g/mol. The van der Waals surface area contributed by atoms with Crippen LogP contribution in [0.25, 0.3) is 32.1 Å². The van der Waals surface area contributed by atoms with E-state index in [0.29, 0.717) is 10.3 Å². The molecule has 24 heavy (non-hydrogen) atoms. The molecule has 0 amide bonds. The van der Waals surface area contributed by atoms with E-state index >= 15 is 0 Å². The van der Waals surface area contributed by atoms with Gasteiger partial charge in [-0.15, -0.1) is 21.5 Å². The highest BCUT2D eigenvalue weighted by Crippen LogP contribution is 2.40. The number of halogens is 5. The SMILES string of the molecule is Fc1c(F)c(F)c2c(-c3scc4ccccc34)nnc(Cl)c2c1F. The molecule has 0 saturated carbocycles. The molecule has 2 heterocycles. The maximum Gasteiger partial charge on any atom is 0.198 e. The molecule has 0 fully saturated rings. The zero-order valence-electron chi connectivity index (χ0n) is 11.6. The minimum Gasteiger partial charge on any atom is -0.203 e. The summed E-state index contributed by atoms with van der Waals surface area (Å²) in [6, 6.07) is 7.18. The van der Waals surface area contributed by atoms with E-state index in [2.05, 4.69) is 10.2 Å². The molecule has 0 radical (unpaired) electrons. The number of rotatable bonds is 1. The van der Waals surface area contributed by atoms with Gasteiger partial charge in [-0.1, -0.05) is 35.9 Å². The molecule has 0 saturated heterocycles. The Hall–Kier alpha value is -2.25. The van der Waals surface area contributed by atoms with Gasteiger partial charge in [-0.25, -0.2) is 17.6 Å². The van der Waals surface area contributed by atoms with Gasteiger partial charge in [0.25, 0.3) is 0 Å². The largest absolute Gasteiger partial charge is 0.203 e. The van der Waals surface area contributed by atoms with Gasteiger partial charge >= 0.3 is 0 Å². The molecule has 0 bridgehead atoms. The molecule has 0 atom stereocenters. The van der Waals surface area contributed by atoms with Crippen molar-refractivity contribution in [3.63, 3.8) is 0 Å². The highest BCUT2D eigenvalue weighted by molar-refractivity contribution is 7.15. The Balaban J connectivity index is 2.20. The summed E-state index contributed by atoms with van der Waals surface area (Å²) >= 11 is 6.95. The maximum absolute atomic E-state index is 14.4. The smallest absolute Gasteiger partial charge is 0.198 e. The van der Waals surface area contributed by atoms with Gasteiger partial charge < -0.3 is 0 Å². The molecule has 2 aromatic heterocycles. The first-order chi connectivity index (χ1) is 11.5. The van der Waals surface area contributed by atoms with Crippen LogP contribution < -0.4 is 0 Å². The molecule has 0 aliphatic heterocycles. The molecule has 0 unspecified atom stereocenters. The first kappa shape index (κ1) is 15.3. The topological polar surface area (TPSA) is 25.8 Å². The van der Waals surface area contributed by atoms with Gasteiger partial charge in [-0.05, 0) is 10.8 Å². The first-order valence-electron chi connectivity index (χ1n) is 6.65. The number of thiophene rings is 1. The third-order valence-corrected chi connectivity index (χ3v) is 4.96. The summed E-state index contributed by atoms with van der Waals surface area (Å²) in [4.78, 5) is 0.462. The van der Waals surface area contributed by atoms with E-state index in [9.17, 15) is 17.6 Å². The fourth-order valence-electron chi connectivity index (χ4n) is 2.58. The minimum absolute atomic E-state index is 0.0871. The van der Waals surface area contributed by atoms with Crippen molar-refractivity contribution in [1.29, 1.82) is 0 Å². The zero-order valence-corrected chi connectivity index (χ0v) is 13.2. The standard InChI is InChI=1S/C16H5ClF4N2S/c17-16-9-8(10(18)12(20)13(21)11(9)19)14(22-23-16)15-7-4-2-1-3-6(7)5-24-15/h1-5H. The monoisotopic (exact) mass is 368 g/mol. The lowest BCUT2D eigenvalue weighted by Gasteiger charge is -2.09. The van der Waals surface area contributed by atoms with Crippen LogP contribution in [0.3, 0.4) is 0 Å². The fraction of sp³-hybridized carbons (Fsp3) is 0. The zero-order chi connectivity index (χ0) is 17.0. The second-order valence-electron chi connectivity index (χ2n) is 5.00. The molecular formula is C16H5ClF4N2S. The molecule has 2 nitrogen and oxygen atoms in total. The summed E-state index contributed by atoms with van der Waals surface area (Å²) in [5.74, 6) is -6.98. The summed E-state index contributed by atoms with van der Waals surface area (Å²) in [5.41, 5.74) is -0.0871. The number of aromatic nitrogens is 2. The van der Waals surface area contributed by atoms with Gasteiger partial charge in [0.15, 0.2) is 28.4 Å². The van der Waals surface area contributed by atoms with Crippen LogP contribution >= 0.6 is 22.9 Å². The molecule has 0 aliphatic rings. The van der Waals surface area contributed by atoms with Crippen LogP contribution in [0.4, 0.5) is 17.6 Å². The van der Waals surface area contributed by atoms with Crippen molar-refractivity contribution < 1.29 is 17.6 Å². The quantitative estimate of drug-likeness (QED) is 0.244. The van der Waals surface area contributed by atoms with E-state index in [1.807, 2.05) is 12.1 Å². The number of nitrogens with zero attached hydrogens (tertiary/aromatic N) is 2. The van der Waals surface area contributed by atoms with Gasteiger partial charge in [0.2, 0.25) is 0 Å². The van der Waals surface area contributed by atoms with Gasteiger partial charge in [0, 0.05) is 5.39 Å². The highest BCUT2D eigenvalue weighted by Gasteiger charge is 2.27. The van der Waals surface area contributed by atoms with Crippen molar-refractivity contribution in [3.8, 4) is 10.6 Å². The van der Waals surface area contributed by atoms with Crippen LogP contribution in [-0.2, 0) is 0 Å². The predicted molar refractivity (Wildman–Crippen MR) is 85.2 cm³/mol. The second-order valence-corrected chi connectivity index (χ2v) is 6.24. The average molecular weight is 369 g/mol. The van der Waals surface area contributed by atoms with Crippen molar-refractivity contribution >= 4 is 44.5 Å². The first-order valence-corrected chi connectivity index (χ1v) is 7.91. The van der Waals surface area contributed by atoms with Crippen LogP contribution in [0.2, 0.25) is 5.15 Å². The Kier molecular flexibility index (Phi) is 3.43. The van der Waals surface area contributed by atoms with Crippen molar-refractivity contribution in [2.75, 3.05) is 0 Å². The van der Waals surface area contributed by atoms with Crippen molar-refractivity contribution in [1.82, 2.24) is 10.2 Å². The van der Waals surface area contributed by atoms with Crippen LogP contribution in [0, 0.1) is 23.3 Å². The van der Waals surface area contributed by atoms with Crippen LogP contribution in [-0.4, -0.2) is 10.2 Å². The third-order valence-electron chi connectivity index (χ3n) is 3.67. The second kappa shape index (κ2) is 5.39. The molecule has 4 rings (SSSR count). The lowest BCUT2D eigenvalue weighted by Crippen LogP contribution is -2.02. The molecule has 0 N–H and O–H groups in total. The number of hydrogen-bond donors (Lipinski definition) is 0. The summed E-state index contributed by atoms with van der Waals surface area (Å²) < 4.78 is 55.7. The van der Waals surface area contributed by atoms with E-state index in [-0.39, 0.29) is 5.69 Å². The van der Waals surface area contributed by atoms with Crippen molar-refractivity contribution in [3.05, 3.63) is 58.1 Å². The fourth-order valence-corrected chi connectivity index (χ4v) is 3.81. The molecule has 120 valence electrons. The Morgan fingerprint density at radius 1 is 0.833 bits per heavy atom. The molecule has 4 aromatic rings. The molecule has 0 aliphatic carbocycles. The van der Waals surface area contributed by atoms with Crippen LogP contribution in [0.5, 0.6) is 0 Å². The lowest BCUT2D eigenvalue weighted by molar-refractivity contribution is 0.418. The van der Waals surface area contributed by atoms with Crippen LogP contribution in [0.15, 0.2) is 29.6 Å². The number of benzene rings is 2. The number of fused-ring (bicyclic) bond motifs is 2. The molecule has 8 heteroatoms. The summed E-state index contributed by atoms with van der Waals surface area (Å²) in [7, 11) is 0. The van der Waals surface area contributed by atoms with E-state index in [1.54, 1.807) is 17.5 Å². The van der Waals surface area contributed by atoms with Crippen LogP contribution in [0.1, 0.15) is 0 Å². The average Bonchev–Trinajstić information content (AvgIpc) is 3.01. The summed E-state index contributed by atoms with van der Waals surface area (Å²) in [6.07, 6.45) is 0. The highest BCUT2D eigenvalue weighted by atomic mass is 35.5. The van der Waals surface area contributed by atoms with Gasteiger partial charge in [0.05, 0.1) is 15.6 Å². The summed E-state index contributed by atoms with van der Waals surface area (Å²) in [6.45, 7) is 0. The van der Waals surface area contributed by atoms with E-state index in [4.69, 9.17) is 11.6 Å². The third kappa shape index (κ3) is 2.01. The van der Waals surface area contributed by atoms with E-state index in [1.165, 1.54) is 11.3 Å². The summed E-state index contributed by atoms with van der Waals surface area (Å²) in [5, 5.41) is 9.04. The minimum atomic E-state index is -1.93. The lowest BCUT2D eigenvalue weighted by atomic mass is 10.1. The van der Waals surface area contributed by atoms with E-state index in [0.717, 1.165) is 5.39 Å². The van der Waals surface area contributed by atoms with Crippen molar-refractivity contribution in [2.24, 2.45) is 0 Å². The van der Waals surface area contributed by atoms with Crippen molar-refractivity contribution in [2.45, 2.75) is 0 Å². The Morgan fingerprint density at radius 3 is 2.25 bits per heavy atom. The number of hydrogen-bond acceptors (Lipinski definition) is 3. The van der Waals surface area contributed by atoms with Gasteiger partial charge in [-0.2, -0.15) is 0 Å². The van der Waals surface area contributed by atoms with Gasteiger partial charge in [0.1, 0.15) is 5.69 Å². The van der Waals surface area contributed by atoms with E-state index < -0.39 is 39.2 Å².